The summed E-state index contributed by atoms with van der Waals surface area (Å²) in [4.78, 5) is 11.5. The number of carbonyl (C=O) groups is 1. The van der Waals surface area contributed by atoms with Crippen molar-refractivity contribution in [2.45, 2.75) is 25.9 Å². The van der Waals surface area contributed by atoms with E-state index < -0.39 is 0 Å². The molecule has 0 aliphatic carbocycles. The maximum atomic E-state index is 11.5. The molecule has 3 heteroatoms. The highest BCUT2D eigenvalue weighted by molar-refractivity contribution is 9.09. The predicted octanol–water partition coefficient (Wildman–Crippen LogP) is 2.98. The first-order valence-electron chi connectivity index (χ1n) is 4.93. The van der Waals surface area contributed by atoms with Crippen LogP contribution in [0.25, 0.3) is 0 Å². The summed E-state index contributed by atoms with van der Waals surface area (Å²) in [5, 5.41) is 0.371. The summed E-state index contributed by atoms with van der Waals surface area (Å²) in [7, 11) is 0. The van der Waals surface area contributed by atoms with Gasteiger partial charge < -0.3 is 4.74 Å². The molecule has 1 aromatic carbocycles. The van der Waals surface area contributed by atoms with Crippen LogP contribution in [0, 0.1) is 0 Å². The molecule has 0 amide bonds. The molecule has 0 spiro atoms. The van der Waals surface area contributed by atoms with E-state index in [9.17, 15) is 4.79 Å². The van der Waals surface area contributed by atoms with Gasteiger partial charge in [0.2, 0.25) is 0 Å². The smallest absolute Gasteiger partial charge is 0.173 e. The third-order valence-corrected chi connectivity index (χ3v) is 3.02. The first-order chi connectivity index (χ1) is 7.02. The van der Waals surface area contributed by atoms with Gasteiger partial charge in [0.1, 0.15) is 11.4 Å². The predicted molar refractivity (Wildman–Crippen MR) is 63.0 cm³/mol. The minimum absolute atomic E-state index is 0.113. The average Bonchev–Trinajstić information content (AvgIpc) is 2.49. The number of halogens is 1. The van der Waals surface area contributed by atoms with Crippen molar-refractivity contribution in [3.63, 3.8) is 0 Å². The Morgan fingerprint density at radius 3 is 2.93 bits per heavy atom. The molecule has 0 saturated carbocycles. The van der Waals surface area contributed by atoms with Crippen molar-refractivity contribution in [3.8, 4) is 5.75 Å². The summed E-state index contributed by atoms with van der Waals surface area (Å²) in [6.07, 6.45) is 0.867. The zero-order chi connectivity index (χ0) is 11.1. The van der Waals surface area contributed by atoms with E-state index in [0.717, 1.165) is 23.3 Å². The summed E-state index contributed by atoms with van der Waals surface area (Å²) in [5.74, 6) is 1.02. The van der Waals surface area contributed by atoms with Crippen LogP contribution in [-0.4, -0.2) is 16.7 Å². The van der Waals surface area contributed by atoms with Gasteiger partial charge >= 0.3 is 0 Å². The van der Waals surface area contributed by atoms with Crippen molar-refractivity contribution in [1.29, 1.82) is 0 Å². The summed E-state index contributed by atoms with van der Waals surface area (Å²) in [6, 6.07) is 5.65. The standard InChI is InChI=1S/C12H13BrO2/c1-12(2)6-9-5-8(10(14)7-13)3-4-11(9)15-12/h3-5H,6-7H2,1-2H3. The highest BCUT2D eigenvalue weighted by Crippen LogP contribution is 2.35. The molecule has 0 fully saturated rings. The number of hydrogen-bond acceptors (Lipinski definition) is 2. The molecular formula is C12H13BrO2. The molecule has 0 saturated heterocycles. The second kappa shape index (κ2) is 3.63. The third-order valence-electron chi connectivity index (χ3n) is 2.51. The van der Waals surface area contributed by atoms with Gasteiger partial charge in [0.25, 0.3) is 0 Å². The topological polar surface area (TPSA) is 26.3 Å². The number of Topliss-reactive ketones (excluding diaryl/α,β-unsaturated/α-hetero) is 1. The van der Waals surface area contributed by atoms with Gasteiger partial charge in [-0.25, -0.2) is 0 Å². The fourth-order valence-electron chi connectivity index (χ4n) is 1.86. The van der Waals surface area contributed by atoms with E-state index in [4.69, 9.17) is 4.74 Å². The molecule has 15 heavy (non-hydrogen) atoms. The number of benzene rings is 1. The van der Waals surface area contributed by atoms with Gasteiger partial charge in [-0.3, -0.25) is 4.79 Å². The van der Waals surface area contributed by atoms with Crippen LogP contribution >= 0.6 is 15.9 Å². The average molecular weight is 269 g/mol. The van der Waals surface area contributed by atoms with E-state index in [1.54, 1.807) is 0 Å². The number of alkyl halides is 1. The maximum Gasteiger partial charge on any atom is 0.173 e. The molecule has 0 bridgehead atoms. The minimum atomic E-state index is -0.140. The monoisotopic (exact) mass is 268 g/mol. The highest BCUT2D eigenvalue weighted by Gasteiger charge is 2.30. The van der Waals surface area contributed by atoms with Crippen molar-refractivity contribution in [2.24, 2.45) is 0 Å². The van der Waals surface area contributed by atoms with Crippen molar-refractivity contribution < 1.29 is 9.53 Å². The van der Waals surface area contributed by atoms with E-state index in [-0.39, 0.29) is 11.4 Å². The molecule has 0 radical (unpaired) electrons. The summed E-state index contributed by atoms with van der Waals surface area (Å²) in [6.45, 7) is 4.11. The largest absolute Gasteiger partial charge is 0.487 e. The lowest BCUT2D eigenvalue weighted by Crippen LogP contribution is -2.24. The zero-order valence-electron chi connectivity index (χ0n) is 8.84. The number of ether oxygens (including phenoxy) is 1. The lowest BCUT2D eigenvalue weighted by Gasteiger charge is -2.16. The Morgan fingerprint density at radius 2 is 2.27 bits per heavy atom. The van der Waals surface area contributed by atoms with E-state index in [2.05, 4.69) is 29.8 Å². The Kier molecular flexibility index (Phi) is 2.59. The first kappa shape index (κ1) is 10.7. The quantitative estimate of drug-likeness (QED) is 0.609. The van der Waals surface area contributed by atoms with Gasteiger partial charge in [-0.15, -0.1) is 0 Å². The van der Waals surface area contributed by atoms with Gasteiger partial charge in [0.05, 0.1) is 5.33 Å². The fourth-order valence-corrected chi connectivity index (χ4v) is 2.18. The van der Waals surface area contributed by atoms with Gasteiger partial charge in [-0.1, -0.05) is 15.9 Å². The molecule has 80 valence electrons. The Labute approximate surface area is 97.8 Å². The van der Waals surface area contributed by atoms with Crippen LogP contribution in [0.15, 0.2) is 18.2 Å². The Hall–Kier alpha value is -0.830. The number of carbonyl (C=O) groups excluding carboxylic acids is 1. The van der Waals surface area contributed by atoms with Gasteiger partial charge in [0.15, 0.2) is 5.78 Å². The van der Waals surface area contributed by atoms with Crippen LogP contribution in [0.4, 0.5) is 0 Å². The molecule has 1 aliphatic heterocycles. The van der Waals surface area contributed by atoms with Crippen LogP contribution in [-0.2, 0) is 6.42 Å². The van der Waals surface area contributed by atoms with Crippen LogP contribution in [0.5, 0.6) is 5.75 Å². The van der Waals surface area contributed by atoms with Gasteiger partial charge in [-0.05, 0) is 37.6 Å². The first-order valence-corrected chi connectivity index (χ1v) is 6.05. The van der Waals surface area contributed by atoms with E-state index >= 15 is 0 Å². The Morgan fingerprint density at radius 1 is 1.53 bits per heavy atom. The van der Waals surface area contributed by atoms with Crippen molar-refractivity contribution in [1.82, 2.24) is 0 Å². The zero-order valence-corrected chi connectivity index (χ0v) is 10.4. The van der Waals surface area contributed by atoms with Crippen LogP contribution in [0.3, 0.4) is 0 Å². The molecule has 1 aromatic rings. The van der Waals surface area contributed by atoms with Crippen molar-refractivity contribution in [2.75, 3.05) is 5.33 Å². The van der Waals surface area contributed by atoms with Crippen molar-refractivity contribution in [3.05, 3.63) is 29.3 Å². The summed E-state index contributed by atoms with van der Waals surface area (Å²) >= 11 is 3.17. The molecule has 2 rings (SSSR count). The van der Waals surface area contributed by atoms with E-state index in [1.165, 1.54) is 0 Å². The SMILES string of the molecule is CC1(C)Cc2cc(C(=O)CBr)ccc2O1. The fraction of sp³-hybridized carbons (Fsp3) is 0.417. The number of ketones is 1. The Balaban J connectivity index is 2.34. The molecule has 0 N–H and O–H groups in total. The lowest BCUT2D eigenvalue weighted by atomic mass is 9.99. The maximum absolute atomic E-state index is 11.5. The third kappa shape index (κ3) is 2.07. The normalized spacial score (nSPS) is 17.0. The van der Waals surface area contributed by atoms with Crippen molar-refractivity contribution >= 4 is 21.7 Å². The molecule has 2 nitrogen and oxygen atoms in total. The second-order valence-electron chi connectivity index (χ2n) is 4.42. The van der Waals surface area contributed by atoms with Gasteiger partial charge in [-0.2, -0.15) is 0 Å². The van der Waals surface area contributed by atoms with Crippen LogP contribution in [0.1, 0.15) is 29.8 Å². The Bertz CT molecular complexity index is 410. The molecular weight excluding hydrogens is 256 g/mol. The minimum Gasteiger partial charge on any atom is -0.487 e. The van der Waals surface area contributed by atoms with Gasteiger partial charge in [0, 0.05) is 12.0 Å². The highest BCUT2D eigenvalue weighted by atomic mass is 79.9. The molecule has 0 atom stereocenters. The van der Waals surface area contributed by atoms with Crippen LogP contribution in [0.2, 0.25) is 0 Å². The summed E-state index contributed by atoms with van der Waals surface area (Å²) < 4.78 is 5.74. The number of rotatable bonds is 2. The molecule has 0 unspecified atom stereocenters. The number of hydrogen-bond donors (Lipinski definition) is 0. The molecule has 0 aromatic heterocycles. The van der Waals surface area contributed by atoms with Crippen LogP contribution < -0.4 is 4.74 Å². The molecule has 1 aliphatic rings. The molecule has 1 heterocycles. The summed E-state index contributed by atoms with van der Waals surface area (Å²) in [5.41, 5.74) is 1.75. The van der Waals surface area contributed by atoms with E-state index in [0.29, 0.717) is 5.33 Å². The second-order valence-corrected chi connectivity index (χ2v) is 4.98. The lowest BCUT2D eigenvalue weighted by molar-refractivity contribution is 0.102. The number of fused-ring (bicyclic) bond motifs is 1. The van der Waals surface area contributed by atoms with E-state index in [1.807, 2.05) is 18.2 Å².